The number of quaternary nitrogens is 1. The Kier molecular flexibility index (Phi) is 18.8. The Bertz CT molecular complexity index is 511. The SMILES string of the molecule is CCCC=CCCCCC=CCCCCCCCCCOP(=O)(O)C(CC)[N+](C)(C)C. The van der Waals surface area contributed by atoms with Gasteiger partial charge in [-0.15, -0.1) is 0 Å². The van der Waals surface area contributed by atoms with Crippen LogP contribution in [0.25, 0.3) is 0 Å². The van der Waals surface area contributed by atoms with Crippen LogP contribution < -0.4 is 0 Å². The fourth-order valence-electron chi connectivity index (χ4n) is 3.91. The van der Waals surface area contributed by atoms with E-state index in [-0.39, 0.29) is 5.78 Å². The van der Waals surface area contributed by atoms with E-state index in [0.717, 1.165) is 12.8 Å². The molecule has 4 nitrogen and oxygen atoms in total. The van der Waals surface area contributed by atoms with Crippen LogP contribution in [0, 0.1) is 0 Å². The van der Waals surface area contributed by atoms with Crippen molar-refractivity contribution in [1.82, 2.24) is 0 Å². The fourth-order valence-corrected chi connectivity index (χ4v) is 5.81. The average molecular weight is 459 g/mol. The molecule has 31 heavy (non-hydrogen) atoms. The molecule has 0 saturated carbocycles. The molecule has 184 valence electrons. The van der Waals surface area contributed by atoms with Crippen LogP contribution in [0.1, 0.15) is 110 Å². The minimum Gasteiger partial charge on any atom is -0.320 e. The molecule has 1 N–H and O–H groups in total. The van der Waals surface area contributed by atoms with Gasteiger partial charge in [0.25, 0.3) is 0 Å². The van der Waals surface area contributed by atoms with Gasteiger partial charge in [0.05, 0.1) is 27.7 Å². The van der Waals surface area contributed by atoms with Gasteiger partial charge >= 0.3 is 7.60 Å². The van der Waals surface area contributed by atoms with Crippen molar-refractivity contribution >= 4 is 7.60 Å². The number of allylic oxidation sites excluding steroid dienone is 4. The van der Waals surface area contributed by atoms with E-state index in [1.54, 1.807) is 0 Å². The van der Waals surface area contributed by atoms with Crippen LogP contribution in [0.3, 0.4) is 0 Å². The van der Waals surface area contributed by atoms with Gasteiger partial charge in [0.15, 0.2) is 5.78 Å². The normalized spacial score (nSPS) is 15.7. The second-order valence-electron chi connectivity index (χ2n) is 9.68. The van der Waals surface area contributed by atoms with Crippen molar-refractivity contribution in [2.45, 2.75) is 116 Å². The van der Waals surface area contributed by atoms with Gasteiger partial charge in [0.1, 0.15) is 0 Å². The maximum atomic E-state index is 12.5. The quantitative estimate of drug-likeness (QED) is 0.0815. The summed E-state index contributed by atoms with van der Waals surface area (Å²) in [4.78, 5) is 10.3. The van der Waals surface area contributed by atoms with Crippen molar-refractivity contribution in [2.75, 3.05) is 27.7 Å². The molecule has 0 aliphatic heterocycles. The molecule has 0 spiro atoms. The Labute approximate surface area is 194 Å². The summed E-state index contributed by atoms with van der Waals surface area (Å²) < 4.78 is 18.4. The van der Waals surface area contributed by atoms with E-state index >= 15 is 0 Å². The molecule has 0 aromatic rings. The van der Waals surface area contributed by atoms with Crippen LogP contribution in [0.4, 0.5) is 0 Å². The average Bonchev–Trinajstić information content (AvgIpc) is 2.68. The molecule has 0 bridgehead atoms. The number of hydrogen-bond donors (Lipinski definition) is 1. The number of rotatable bonds is 21. The molecule has 0 aromatic carbocycles. The molecule has 0 heterocycles. The van der Waals surface area contributed by atoms with Crippen LogP contribution in [0.5, 0.6) is 0 Å². The third-order valence-corrected chi connectivity index (χ3v) is 8.07. The third kappa shape index (κ3) is 17.8. The summed E-state index contributed by atoms with van der Waals surface area (Å²) in [5.41, 5.74) is 0. The lowest BCUT2D eigenvalue weighted by Crippen LogP contribution is -2.44. The number of hydrogen-bond acceptors (Lipinski definition) is 2. The molecule has 0 amide bonds. The maximum absolute atomic E-state index is 12.5. The van der Waals surface area contributed by atoms with Crippen molar-refractivity contribution in [1.29, 1.82) is 0 Å². The summed E-state index contributed by atoms with van der Waals surface area (Å²) in [6, 6.07) is 0. The molecule has 0 aromatic heterocycles. The van der Waals surface area contributed by atoms with Crippen LogP contribution in [0.2, 0.25) is 0 Å². The maximum Gasteiger partial charge on any atom is 0.385 e. The highest BCUT2D eigenvalue weighted by Gasteiger charge is 2.41. The third-order valence-electron chi connectivity index (χ3n) is 5.71. The lowest BCUT2D eigenvalue weighted by atomic mass is 10.1. The molecular weight excluding hydrogens is 405 g/mol. The van der Waals surface area contributed by atoms with Gasteiger partial charge in [-0.25, -0.2) is 0 Å². The van der Waals surface area contributed by atoms with Crippen molar-refractivity contribution in [3.63, 3.8) is 0 Å². The summed E-state index contributed by atoms with van der Waals surface area (Å²) in [6.45, 7) is 4.56. The smallest absolute Gasteiger partial charge is 0.320 e. The lowest BCUT2D eigenvalue weighted by Gasteiger charge is -2.35. The minimum atomic E-state index is -3.55. The van der Waals surface area contributed by atoms with Crippen LogP contribution >= 0.6 is 7.60 Å². The summed E-state index contributed by atoms with van der Waals surface area (Å²) in [6.07, 6.45) is 27.0. The molecular formula is C26H53NO3P+. The molecule has 0 radical (unpaired) electrons. The highest BCUT2D eigenvalue weighted by atomic mass is 31.2. The molecule has 2 atom stereocenters. The Morgan fingerprint density at radius 1 is 0.742 bits per heavy atom. The molecule has 0 aliphatic carbocycles. The molecule has 0 fully saturated rings. The number of unbranched alkanes of at least 4 members (excludes halogenated alkanes) is 11. The summed E-state index contributed by atoms with van der Waals surface area (Å²) >= 11 is 0. The first-order valence-electron chi connectivity index (χ1n) is 12.8. The van der Waals surface area contributed by atoms with Crippen LogP contribution in [-0.2, 0) is 9.09 Å². The van der Waals surface area contributed by atoms with Crippen LogP contribution in [-0.4, -0.2) is 42.9 Å². The van der Waals surface area contributed by atoms with Gasteiger partial charge in [-0.2, -0.15) is 0 Å². The largest absolute Gasteiger partial charge is 0.385 e. The highest BCUT2D eigenvalue weighted by Crippen LogP contribution is 2.51. The Balaban J connectivity index is 3.52. The van der Waals surface area contributed by atoms with Gasteiger partial charge in [-0.1, -0.05) is 76.7 Å². The van der Waals surface area contributed by atoms with E-state index in [9.17, 15) is 9.46 Å². The fraction of sp³-hybridized carbons (Fsp3) is 0.846. The topological polar surface area (TPSA) is 46.5 Å². The Morgan fingerprint density at radius 3 is 1.61 bits per heavy atom. The van der Waals surface area contributed by atoms with E-state index in [1.165, 1.54) is 77.0 Å². The van der Waals surface area contributed by atoms with Gasteiger partial charge in [0, 0.05) is 6.42 Å². The second kappa shape index (κ2) is 19.1. The van der Waals surface area contributed by atoms with E-state index in [2.05, 4.69) is 31.2 Å². The zero-order valence-corrected chi connectivity index (χ0v) is 22.3. The van der Waals surface area contributed by atoms with Gasteiger partial charge in [-0.3, -0.25) is 4.57 Å². The van der Waals surface area contributed by atoms with Crippen LogP contribution in [0.15, 0.2) is 24.3 Å². The molecule has 0 rings (SSSR count). The van der Waals surface area contributed by atoms with Gasteiger partial charge in [-0.05, 0) is 51.4 Å². The second-order valence-corrected chi connectivity index (χ2v) is 11.7. The number of nitrogens with zero attached hydrogens (tertiary/aromatic N) is 1. The van der Waals surface area contributed by atoms with Gasteiger partial charge in [0.2, 0.25) is 0 Å². The standard InChI is InChI=1S/C26H52NO3P/c1-6-8-9-10-11-12-13-14-15-16-17-18-19-20-21-22-23-24-25-30-31(28,29)26(7-2)27(3,4)5/h9-10,15-16,26H,6-8,11-14,17-25H2,1-5H3/p+1. The minimum absolute atomic E-state index is 0.353. The monoisotopic (exact) mass is 458 g/mol. The predicted molar refractivity (Wildman–Crippen MR) is 136 cm³/mol. The van der Waals surface area contributed by atoms with Crippen molar-refractivity contribution in [3.8, 4) is 0 Å². The first-order valence-corrected chi connectivity index (χ1v) is 14.5. The van der Waals surface area contributed by atoms with E-state index in [1.807, 2.05) is 28.1 Å². The van der Waals surface area contributed by atoms with Crippen molar-refractivity contribution < 1.29 is 18.5 Å². The predicted octanol–water partition coefficient (Wildman–Crippen LogP) is 8.22. The lowest BCUT2D eigenvalue weighted by molar-refractivity contribution is -0.883. The molecule has 2 unspecified atom stereocenters. The van der Waals surface area contributed by atoms with Gasteiger partial charge < -0.3 is 13.9 Å². The molecule has 5 heteroatoms. The summed E-state index contributed by atoms with van der Waals surface area (Å²) in [5.74, 6) is -0.353. The Morgan fingerprint density at radius 2 is 1.16 bits per heavy atom. The zero-order chi connectivity index (χ0) is 23.4. The first-order chi connectivity index (χ1) is 14.8. The van der Waals surface area contributed by atoms with Crippen molar-refractivity contribution in [2.24, 2.45) is 0 Å². The Hall–Kier alpha value is -0.410. The van der Waals surface area contributed by atoms with E-state index in [0.29, 0.717) is 17.5 Å². The van der Waals surface area contributed by atoms with Crippen molar-refractivity contribution in [3.05, 3.63) is 24.3 Å². The molecule has 0 saturated heterocycles. The summed E-state index contributed by atoms with van der Waals surface area (Å²) in [5, 5.41) is 0. The summed E-state index contributed by atoms with van der Waals surface area (Å²) in [7, 11) is 2.29. The highest BCUT2D eigenvalue weighted by molar-refractivity contribution is 7.53. The van der Waals surface area contributed by atoms with E-state index < -0.39 is 7.60 Å². The first kappa shape index (κ1) is 30.6. The van der Waals surface area contributed by atoms with E-state index in [4.69, 9.17) is 4.52 Å². The molecule has 0 aliphatic rings. The zero-order valence-electron chi connectivity index (χ0n) is 21.4.